The molecule has 15 heavy (non-hydrogen) atoms. The molecule has 0 bridgehead atoms. The maximum Gasteiger partial charge on any atom is 0.0956 e. The van der Waals surface area contributed by atoms with Crippen molar-refractivity contribution in [2.75, 3.05) is 5.73 Å². The number of anilines is 1. The molecule has 1 fully saturated rings. The van der Waals surface area contributed by atoms with Crippen LogP contribution in [0.25, 0.3) is 0 Å². The molecule has 1 aliphatic rings. The average Bonchev–Trinajstić information content (AvgIpc) is 2.23. The average molecular weight is 206 g/mol. The zero-order valence-corrected chi connectivity index (χ0v) is 9.11. The van der Waals surface area contributed by atoms with Crippen LogP contribution in [-0.4, -0.2) is 10.1 Å². The van der Waals surface area contributed by atoms with Gasteiger partial charge in [0.15, 0.2) is 0 Å². The second-order valence-electron chi connectivity index (χ2n) is 4.53. The fourth-order valence-corrected chi connectivity index (χ4v) is 2.50. The molecule has 0 aromatic carbocycles. The first-order valence-corrected chi connectivity index (χ1v) is 5.57. The zero-order chi connectivity index (χ0) is 10.9. The molecule has 1 heterocycles. The van der Waals surface area contributed by atoms with Crippen LogP contribution in [0.1, 0.15) is 38.2 Å². The van der Waals surface area contributed by atoms with Gasteiger partial charge in [0.1, 0.15) is 0 Å². The van der Waals surface area contributed by atoms with Crippen LogP contribution in [0.5, 0.6) is 0 Å². The lowest BCUT2D eigenvalue weighted by molar-refractivity contribution is -0.0465. The van der Waals surface area contributed by atoms with E-state index in [1.54, 1.807) is 18.5 Å². The first-order chi connectivity index (χ1) is 7.14. The Balaban J connectivity index is 2.39. The number of hydrogen-bond donors (Lipinski definition) is 2. The van der Waals surface area contributed by atoms with Crippen molar-refractivity contribution >= 4 is 5.69 Å². The molecule has 3 heteroatoms. The van der Waals surface area contributed by atoms with E-state index >= 15 is 0 Å². The smallest absolute Gasteiger partial charge is 0.0956 e. The molecule has 1 aromatic heterocycles. The Morgan fingerprint density at radius 2 is 2.33 bits per heavy atom. The van der Waals surface area contributed by atoms with E-state index in [2.05, 4.69) is 11.9 Å². The number of nitrogens with two attached hydrogens (primary N) is 1. The molecule has 0 spiro atoms. The van der Waals surface area contributed by atoms with E-state index in [0.717, 1.165) is 24.8 Å². The zero-order valence-electron chi connectivity index (χ0n) is 9.11. The fourth-order valence-electron chi connectivity index (χ4n) is 2.50. The molecule has 3 nitrogen and oxygen atoms in total. The number of pyridine rings is 1. The van der Waals surface area contributed by atoms with Crippen molar-refractivity contribution in [2.24, 2.45) is 5.92 Å². The lowest BCUT2D eigenvalue weighted by atomic mass is 9.72. The van der Waals surface area contributed by atoms with Crippen LogP contribution in [-0.2, 0) is 5.60 Å². The van der Waals surface area contributed by atoms with Crippen molar-refractivity contribution in [1.82, 2.24) is 4.98 Å². The summed E-state index contributed by atoms with van der Waals surface area (Å²) in [7, 11) is 0. The van der Waals surface area contributed by atoms with Crippen molar-refractivity contribution in [3.63, 3.8) is 0 Å². The summed E-state index contributed by atoms with van der Waals surface area (Å²) in [5, 5.41) is 10.7. The predicted octanol–water partition coefficient (Wildman–Crippen LogP) is 2.06. The minimum Gasteiger partial charge on any atom is -0.398 e. The van der Waals surface area contributed by atoms with Crippen LogP contribution < -0.4 is 5.73 Å². The van der Waals surface area contributed by atoms with Crippen molar-refractivity contribution in [1.29, 1.82) is 0 Å². The van der Waals surface area contributed by atoms with E-state index in [-0.39, 0.29) is 5.92 Å². The van der Waals surface area contributed by atoms with Crippen LogP contribution >= 0.6 is 0 Å². The molecule has 82 valence electrons. The highest BCUT2D eigenvalue weighted by molar-refractivity contribution is 5.48. The third-order valence-electron chi connectivity index (χ3n) is 3.58. The molecule has 2 atom stereocenters. The highest BCUT2D eigenvalue weighted by atomic mass is 16.3. The van der Waals surface area contributed by atoms with E-state index in [0.29, 0.717) is 5.69 Å². The van der Waals surface area contributed by atoms with Gasteiger partial charge in [0.25, 0.3) is 0 Å². The Morgan fingerprint density at radius 1 is 1.53 bits per heavy atom. The van der Waals surface area contributed by atoms with Crippen molar-refractivity contribution < 1.29 is 5.11 Å². The summed E-state index contributed by atoms with van der Waals surface area (Å²) in [6, 6.07) is 1.76. The largest absolute Gasteiger partial charge is 0.398 e. The number of nitrogens with zero attached hydrogens (tertiary/aromatic N) is 1. The Labute approximate surface area is 90.3 Å². The highest BCUT2D eigenvalue weighted by Gasteiger charge is 2.38. The minimum absolute atomic E-state index is 0.262. The maximum absolute atomic E-state index is 10.7. The second-order valence-corrected chi connectivity index (χ2v) is 4.53. The number of aliphatic hydroxyl groups is 1. The first-order valence-electron chi connectivity index (χ1n) is 5.57. The summed E-state index contributed by atoms with van der Waals surface area (Å²) in [6.07, 6.45) is 7.49. The number of rotatable bonds is 1. The Hall–Kier alpha value is -1.09. The molecule has 0 saturated heterocycles. The summed E-state index contributed by atoms with van der Waals surface area (Å²) in [4.78, 5) is 4.06. The Bertz CT molecular complexity index is 353. The standard InChI is InChI=1S/C12H18N2O/c1-9-4-2-3-6-12(9,15)10-8-14-7-5-11(10)13/h5,7-9,15H,2-4,6H2,1H3,(H2,13,14). The van der Waals surface area contributed by atoms with Gasteiger partial charge in [0, 0.05) is 23.6 Å². The van der Waals surface area contributed by atoms with Crippen molar-refractivity contribution in [3.05, 3.63) is 24.0 Å². The molecular weight excluding hydrogens is 188 g/mol. The number of aromatic nitrogens is 1. The van der Waals surface area contributed by atoms with Crippen LogP contribution in [0.4, 0.5) is 5.69 Å². The van der Waals surface area contributed by atoms with Gasteiger partial charge in [0.2, 0.25) is 0 Å². The van der Waals surface area contributed by atoms with Crippen LogP contribution in [0.3, 0.4) is 0 Å². The quantitative estimate of drug-likeness (QED) is 0.739. The van der Waals surface area contributed by atoms with Crippen molar-refractivity contribution in [2.45, 2.75) is 38.2 Å². The van der Waals surface area contributed by atoms with E-state index in [1.807, 2.05) is 0 Å². The summed E-state index contributed by atoms with van der Waals surface area (Å²) >= 11 is 0. The molecule has 0 amide bonds. The molecule has 0 radical (unpaired) electrons. The van der Waals surface area contributed by atoms with Gasteiger partial charge in [-0.05, 0) is 24.8 Å². The molecule has 1 saturated carbocycles. The first kappa shape index (κ1) is 10.4. The molecule has 1 aromatic rings. The molecule has 0 aliphatic heterocycles. The van der Waals surface area contributed by atoms with Gasteiger partial charge >= 0.3 is 0 Å². The van der Waals surface area contributed by atoms with E-state index < -0.39 is 5.60 Å². The third-order valence-corrected chi connectivity index (χ3v) is 3.58. The molecule has 3 N–H and O–H groups in total. The summed E-state index contributed by atoms with van der Waals surface area (Å²) < 4.78 is 0. The lowest BCUT2D eigenvalue weighted by Crippen LogP contribution is -2.37. The molecular formula is C12H18N2O. The van der Waals surface area contributed by atoms with Gasteiger partial charge in [-0.2, -0.15) is 0 Å². The minimum atomic E-state index is -0.767. The number of hydrogen-bond acceptors (Lipinski definition) is 3. The Morgan fingerprint density at radius 3 is 3.00 bits per heavy atom. The van der Waals surface area contributed by atoms with Gasteiger partial charge < -0.3 is 10.8 Å². The highest BCUT2D eigenvalue weighted by Crippen LogP contribution is 2.42. The van der Waals surface area contributed by atoms with E-state index in [9.17, 15) is 5.11 Å². The summed E-state index contributed by atoms with van der Waals surface area (Å²) in [5.41, 5.74) is 6.59. The van der Waals surface area contributed by atoms with Gasteiger partial charge in [-0.1, -0.05) is 19.8 Å². The van der Waals surface area contributed by atoms with Crippen LogP contribution in [0.2, 0.25) is 0 Å². The maximum atomic E-state index is 10.7. The van der Waals surface area contributed by atoms with E-state index in [4.69, 9.17) is 5.73 Å². The SMILES string of the molecule is CC1CCCCC1(O)c1cnccc1N. The van der Waals surface area contributed by atoms with Gasteiger partial charge in [-0.25, -0.2) is 0 Å². The Kier molecular flexibility index (Phi) is 2.65. The van der Waals surface area contributed by atoms with E-state index in [1.165, 1.54) is 6.42 Å². The lowest BCUT2D eigenvalue weighted by Gasteiger charge is -2.38. The molecule has 1 aliphatic carbocycles. The topological polar surface area (TPSA) is 59.1 Å². The number of nitrogen functional groups attached to an aromatic ring is 1. The normalized spacial score (nSPS) is 31.5. The van der Waals surface area contributed by atoms with Crippen LogP contribution in [0, 0.1) is 5.92 Å². The molecule has 2 rings (SSSR count). The summed E-state index contributed by atoms with van der Waals surface area (Å²) in [5.74, 6) is 0.262. The second kappa shape index (κ2) is 3.81. The fraction of sp³-hybridized carbons (Fsp3) is 0.583. The van der Waals surface area contributed by atoms with Gasteiger partial charge in [0.05, 0.1) is 5.60 Å². The van der Waals surface area contributed by atoms with Crippen LogP contribution in [0.15, 0.2) is 18.5 Å². The predicted molar refractivity (Wildman–Crippen MR) is 60.2 cm³/mol. The van der Waals surface area contributed by atoms with Crippen molar-refractivity contribution in [3.8, 4) is 0 Å². The van der Waals surface area contributed by atoms with Gasteiger partial charge in [-0.15, -0.1) is 0 Å². The van der Waals surface area contributed by atoms with Gasteiger partial charge in [-0.3, -0.25) is 4.98 Å². The summed E-state index contributed by atoms with van der Waals surface area (Å²) in [6.45, 7) is 2.09. The monoisotopic (exact) mass is 206 g/mol. The third kappa shape index (κ3) is 1.72. The molecule has 2 unspecified atom stereocenters.